The smallest absolute Gasteiger partial charge is 0.387 e. The van der Waals surface area contributed by atoms with Crippen LogP contribution in [0, 0.1) is 0 Å². The second kappa shape index (κ2) is 7.64. The largest absolute Gasteiger partial charge is 0.493 e. The number of hydrogen-bond acceptors (Lipinski definition) is 5. The Labute approximate surface area is 115 Å². The van der Waals surface area contributed by atoms with Crippen LogP contribution >= 0.6 is 0 Å². The quantitative estimate of drug-likeness (QED) is 0.774. The van der Waals surface area contributed by atoms with Gasteiger partial charge in [0.25, 0.3) is 0 Å². The normalized spacial score (nSPS) is 12.1. The van der Waals surface area contributed by atoms with Crippen molar-refractivity contribution in [3.8, 4) is 11.5 Å². The molecule has 0 aliphatic carbocycles. The molecule has 1 unspecified atom stereocenters. The minimum atomic E-state index is -2.93. The standard InChI is InChI=1S/C13H17F2NO4/c1-3-19-12(17)9(16)6-8-4-5-10(20-13(14)15)11(7-8)18-2/h4-5,7,9,13H,3,6,16H2,1-2H3. The maximum atomic E-state index is 12.2. The molecule has 0 amide bonds. The molecule has 112 valence electrons. The molecule has 5 nitrogen and oxygen atoms in total. The summed E-state index contributed by atoms with van der Waals surface area (Å²) >= 11 is 0. The van der Waals surface area contributed by atoms with Gasteiger partial charge >= 0.3 is 12.6 Å². The summed E-state index contributed by atoms with van der Waals surface area (Å²) in [5.74, 6) is -0.436. The van der Waals surface area contributed by atoms with Crippen molar-refractivity contribution in [2.45, 2.75) is 26.0 Å². The third-order valence-corrected chi connectivity index (χ3v) is 2.49. The molecule has 0 bridgehead atoms. The Hall–Kier alpha value is -1.89. The van der Waals surface area contributed by atoms with Gasteiger partial charge < -0.3 is 19.9 Å². The van der Waals surface area contributed by atoms with Crippen LogP contribution in [0.3, 0.4) is 0 Å². The fourth-order valence-electron chi connectivity index (χ4n) is 1.62. The lowest BCUT2D eigenvalue weighted by Gasteiger charge is -2.13. The summed E-state index contributed by atoms with van der Waals surface area (Å²) in [4.78, 5) is 11.4. The average molecular weight is 289 g/mol. The number of carbonyl (C=O) groups excluding carboxylic acids is 1. The number of alkyl halides is 2. The highest BCUT2D eigenvalue weighted by molar-refractivity contribution is 5.75. The summed E-state index contributed by atoms with van der Waals surface area (Å²) in [6, 6.07) is 3.57. The molecule has 0 aliphatic rings. The van der Waals surface area contributed by atoms with E-state index in [-0.39, 0.29) is 24.5 Å². The minimum Gasteiger partial charge on any atom is -0.493 e. The predicted octanol–water partition coefficient (Wildman–Crippen LogP) is 1.73. The number of esters is 1. The molecule has 1 atom stereocenters. The van der Waals surface area contributed by atoms with E-state index in [1.165, 1.54) is 19.2 Å². The molecule has 1 rings (SSSR count). The van der Waals surface area contributed by atoms with E-state index in [1.807, 2.05) is 0 Å². The molecule has 2 N–H and O–H groups in total. The zero-order valence-electron chi connectivity index (χ0n) is 11.3. The molecule has 0 fully saturated rings. The SMILES string of the molecule is CCOC(=O)C(N)Cc1ccc(OC(F)F)c(OC)c1. The van der Waals surface area contributed by atoms with Gasteiger partial charge in [0.15, 0.2) is 11.5 Å². The van der Waals surface area contributed by atoms with Gasteiger partial charge in [0, 0.05) is 0 Å². The van der Waals surface area contributed by atoms with Gasteiger partial charge in [-0.1, -0.05) is 6.07 Å². The van der Waals surface area contributed by atoms with Crippen molar-refractivity contribution in [2.24, 2.45) is 5.73 Å². The molecule has 20 heavy (non-hydrogen) atoms. The first-order valence-electron chi connectivity index (χ1n) is 6.01. The summed E-state index contributed by atoms with van der Waals surface area (Å²) in [7, 11) is 1.34. The van der Waals surface area contributed by atoms with Crippen molar-refractivity contribution in [3.05, 3.63) is 23.8 Å². The number of nitrogens with two attached hydrogens (primary N) is 1. The number of rotatable bonds is 7. The van der Waals surface area contributed by atoms with Gasteiger partial charge in [-0.2, -0.15) is 8.78 Å². The van der Waals surface area contributed by atoms with E-state index in [2.05, 4.69) is 4.74 Å². The van der Waals surface area contributed by atoms with Crippen LogP contribution in [0.25, 0.3) is 0 Å². The molecule has 1 aromatic rings. The minimum absolute atomic E-state index is 0.0732. The topological polar surface area (TPSA) is 70.8 Å². The zero-order valence-corrected chi connectivity index (χ0v) is 11.3. The van der Waals surface area contributed by atoms with Crippen LogP contribution in [0.4, 0.5) is 8.78 Å². The highest BCUT2D eigenvalue weighted by Crippen LogP contribution is 2.29. The van der Waals surface area contributed by atoms with Crippen LogP contribution in [0.5, 0.6) is 11.5 Å². The molecule has 0 spiro atoms. The Kier molecular flexibility index (Phi) is 6.17. The van der Waals surface area contributed by atoms with Gasteiger partial charge in [0.05, 0.1) is 13.7 Å². The second-order valence-corrected chi connectivity index (χ2v) is 3.93. The van der Waals surface area contributed by atoms with Crippen molar-refractivity contribution in [1.82, 2.24) is 0 Å². The van der Waals surface area contributed by atoms with Gasteiger partial charge in [-0.15, -0.1) is 0 Å². The zero-order chi connectivity index (χ0) is 15.1. The van der Waals surface area contributed by atoms with Crippen LogP contribution in [0.2, 0.25) is 0 Å². The monoisotopic (exact) mass is 289 g/mol. The van der Waals surface area contributed by atoms with E-state index in [0.717, 1.165) is 0 Å². The molecule has 0 saturated carbocycles. The predicted molar refractivity (Wildman–Crippen MR) is 67.9 cm³/mol. The molecule has 1 aromatic carbocycles. The van der Waals surface area contributed by atoms with Crippen molar-refractivity contribution in [2.75, 3.05) is 13.7 Å². The lowest BCUT2D eigenvalue weighted by Crippen LogP contribution is -2.34. The lowest BCUT2D eigenvalue weighted by atomic mass is 10.1. The third kappa shape index (κ3) is 4.65. The number of halogens is 2. The van der Waals surface area contributed by atoms with Gasteiger partial charge in [-0.05, 0) is 31.0 Å². The summed E-state index contributed by atoms with van der Waals surface area (Å²) < 4.78 is 38.4. The van der Waals surface area contributed by atoms with Crippen molar-refractivity contribution < 1.29 is 27.8 Å². The van der Waals surface area contributed by atoms with Gasteiger partial charge in [-0.3, -0.25) is 4.79 Å². The van der Waals surface area contributed by atoms with E-state index < -0.39 is 18.6 Å². The molecular weight excluding hydrogens is 272 g/mol. The summed E-state index contributed by atoms with van der Waals surface area (Å²) in [6.45, 7) is -1.00. The van der Waals surface area contributed by atoms with Crippen molar-refractivity contribution >= 4 is 5.97 Å². The van der Waals surface area contributed by atoms with Crippen molar-refractivity contribution in [3.63, 3.8) is 0 Å². The Balaban J connectivity index is 2.79. The van der Waals surface area contributed by atoms with Crippen LogP contribution in [0.1, 0.15) is 12.5 Å². The Morgan fingerprint density at radius 2 is 2.05 bits per heavy atom. The number of carbonyl (C=O) groups is 1. The van der Waals surface area contributed by atoms with E-state index in [0.29, 0.717) is 5.56 Å². The Bertz CT molecular complexity index is 454. The van der Waals surface area contributed by atoms with Crippen LogP contribution in [-0.2, 0) is 16.0 Å². The Morgan fingerprint density at radius 3 is 2.60 bits per heavy atom. The highest BCUT2D eigenvalue weighted by Gasteiger charge is 2.17. The fourth-order valence-corrected chi connectivity index (χ4v) is 1.62. The maximum absolute atomic E-state index is 12.2. The van der Waals surface area contributed by atoms with Crippen LogP contribution in [-0.4, -0.2) is 32.3 Å². The van der Waals surface area contributed by atoms with Gasteiger partial charge in [0.1, 0.15) is 6.04 Å². The first-order chi connectivity index (χ1) is 9.47. The molecule has 0 heterocycles. The number of methoxy groups -OCH3 is 1. The molecule has 0 radical (unpaired) electrons. The molecule has 7 heteroatoms. The van der Waals surface area contributed by atoms with Crippen LogP contribution in [0.15, 0.2) is 18.2 Å². The number of benzene rings is 1. The van der Waals surface area contributed by atoms with Gasteiger partial charge in [0.2, 0.25) is 0 Å². The first kappa shape index (κ1) is 16.2. The lowest BCUT2D eigenvalue weighted by molar-refractivity contribution is -0.144. The summed E-state index contributed by atoms with van der Waals surface area (Å²) in [5, 5.41) is 0. The maximum Gasteiger partial charge on any atom is 0.387 e. The number of hydrogen-bond donors (Lipinski definition) is 1. The van der Waals surface area contributed by atoms with Gasteiger partial charge in [-0.25, -0.2) is 0 Å². The van der Waals surface area contributed by atoms with Crippen molar-refractivity contribution in [1.29, 1.82) is 0 Å². The van der Waals surface area contributed by atoms with E-state index in [9.17, 15) is 13.6 Å². The first-order valence-corrected chi connectivity index (χ1v) is 6.01. The molecule has 0 saturated heterocycles. The number of ether oxygens (including phenoxy) is 3. The average Bonchev–Trinajstić information content (AvgIpc) is 2.40. The van der Waals surface area contributed by atoms with E-state index in [1.54, 1.807) is 13.0 Å². The van der Waals surface area contributed by atoms with E-state index in [4.69, 9.17) is 15.2 Å². The molecule has 0 aromatic heterocycles. The second-order valence-electron chi connectivity index (χ2n) is 3.93. The van der Waals surface area contributed by atoms with Crippen LogP contribution < -0.4 is 15.2 Å². The summed E-state index contributed by atoms with van der Waals surface area (Å²) in [5.41, 5.74) is 6.34. The third-order valence-electron chi connectivity index (χ3n) is 2.49. The summed E-state index contributed by atoms with van der Waals surface area (Å²) in [6.07, 6.45) is 0.212. The Morgan fingerprint density at radius 1 is 1.35 bits per heavy atom. The fraction of sp³-hybridized carbons (Fsp3) is 0.462. The van der Waals surface area contributed by atoms with E-state index >= 15 is 0 Å². The highest BCUT2D eigenvalue weighted by atomic mass is 19.3. The molecule has 0 aliphatic heterocycles. The molecular formula is C13H17F2NO4.